The number of fused-ring (bicyclic) bond motifs is 3. The number of carbonyl (C=O) groups excluding carboxylic acids is 1. The van der Waals surface area contributed by atoms with E-state index in [0.29, 0.717) is 12.5 Å². The van der Waals surface area contributed by atoms with E-state index >= 15 is 0 Å². The number of piperazine rings is 1. The molecule has 7 heteroatoms. The van der Waals surface area contributed by atoms with Gasteiger partial charge in [-0.3, -0.25) is 9.69 Å². The van der Waals surface area contributed by atoms with Gasteiger partial charge in [-0.15, -0.1) is 11.3 Å². The van der Waals surface area contributed by atoms with Crippen molar-refractivity contribution in [2.45, 2.75) is 44.9 Å². The topological polar surface area (TPSA) is 52.6 Å². The molecule has 2 saturated heterocycles. The lowest BCUT2D eigenvalue weighted by Gasteiger charge is -2.36. The summed E-state index contributed by atoms with van der Waals surface area (Å²) in [6.07, 6.45) is 10.3. The standard InChI is InChI=1S/C21H29N5OS/c27-18(25-8-4-1-5-9-25)14-24-10-12-26(13-11-24)20-19-16-6-2-3-7-17(16)28-21(19)23-15-22-20/h15H,1-14H2. The Bertz CT molecular complexity index is 852. The zero-order chi connectivity index (χ0) is 18.9. The van der Waals surface area contributed by atoms with Gasteiger partial charge >= 0.3 is 0 Å². The van der Waals surface area contributed by atoms with Crippen LogP contribution in [0.3, 0.4) is 0 Å². The highest BCUT2D eigenvalue weighted by Gasteiger charge is 2.26. The second kappa shape index (κ2) is 7.95. The van der Waals surface area contributed by atoms with Crippen LogP contribution in [0.1, 0.15) is 42.5 Å². The van der Waals surface area contributed by atoms with Crippen LogP contribution in [-0.2, 0) is 17.6 Å². The second-order valence-corrected chi connectivity index (χ2v) is 9.38. The number of nitrogens with zero attached hydrogens (tertiary/aromatic N) is 5. The molecule has 0 bridgehead atoms. The molecule has 4 heterocycles. The van der Waals surface area contributed by atoms with E-state index in [1.165, 1.54) is 47.9 Å². The van der Waals surface area contributed by atoms with Crippen LogP contribution in [0.4, 0.5) is 5.82 Å². The summed E-state index contributed by atoms with van der Waals surface area (Å²) in [5.74, 6) is 1.43. The Hall–Kier alpha value is -1.73. The van der Waals surface area contributed by atoms with Crippen LogP contribution in [0.25, 0.3) is 10.2 Å². The highest BCUT2D eigenvalue weighted by Crippen LogP contribution is 2.39. The van der Waals surface area contributed by atoms with Crippen LogP contribution in [-0.4, -0.2) is 71.5 Å². The first kappa shape index (κ1) is 18.3. The molecule has 0 unspecified atom stereocenters. The third-order valence-electron chi connectivity index (χ3n) is 6.47. The maximum atomic E-state index is 12.6. The van der Waals surface area contributed by atoms with Crippen molar-refractivity contribution >= 4 is 33.3 Å². The summed E-state index contributed by atoms with van der Waals surface area (Å²) in [7, 11) is 0. The average molecular weight is 400 g/mol. The monoisotopic (exact) mass is 399 g/mol. The molecular formula is C21H29N5OS. The van der Waals surface area contributed by atoms with Gasteiger partial charge in [0, 0.05) is 44.1 Å². The first-order chi connectivity index (χ1) is 13.8. The number of aryl methyl sites for hydroxylation is 2. The van der Waals surface area contributed by atoms with Gasteiger partial charge in [0.15, 0.2) is 0 Å². The molecule has 1 aliphatic carbocycles. The van der Waals surface area contributed by atoms with Crippen molar-refractivity contribution in [3.8, 4) is 0 Å². The zero-order valence-electron chi connectivity index (χ0n) is 16.5. The number of anilines is 1. The molecule has 0 atom stereocenters. The van der Waals surface area contributed by atoms with E-state index in [9.17, 15) is 4.79 Å². The van der Waals surface area contributed by atoms with E-state index in [0.717, 1.165) is 62.8 Å². The molecule has 150 valence electrons. The molecule has 0 aromatic carbocycles. The van der Waals surface area contributed by atoms with Crippen molar-refractivity contribution in [1.29, 1.82) is 0 Å². The van der Waals surface area contributed by atoms with Gasteiger partial charge < -0.3 is 9.80 Å². The molecule has 2 aliphatic heterocycles. The van der Waals surface area contributed by atoms with Crippen molar-refractivity contribution in [1.82, 2.24) is 19.8 Å². The molecule has 0 N–H and O–H groups in total. The van der Waals surface area contributed by atoms with Crippen molar-refractivity contribution < 1.29 is 4.79 Å². The molecule has 3 aliphatic rings. The molecule has 6 nitrogen and oxygen atoms in total. The summed E-state index contributed by atoms with van der Waals surface area (Å²) in [5, 5.41) is 1.31. The fraction of sp³-hybridized carbons (Fsp3) is 0.667. The molecule has 28 heavy (non-hydrogen) atoms. The third-order valence-corrected chi connectivity index (χ3v) is 7.67. The van der Waals surface area contributed by atoms with Crippen LogP contribution in [0.5, 0.6) is 0 Å². The van der Waals surface area contributed by atoms with Gasteiger partial charge in [-0.1, -0.05) is 0 Å². The van der Waals surface area contributed by atoms with E-state index in [4.69, 9.17) is 4.98 Å². The molecule has 5 rings (SSSR count). The Morgan fingerprint density at radius 3 is 2.54 bits per heavy atom. The normalized spacial score (nSPS) is 21.1. The average Bonchev–Trinajstić information content (AvgIpc) is 3.14. The van der Waals surface area contributed by atoms with Gasteiger partial charge in [-0.05, 0) is 50.5 Å². The lowest BCUT2D eigenvalue weighted by molar-refractivity contribution is -0.133. The Labute approximate surface area is 170 Å². The molecule has 0 spiro atoms. The molecular weight excluding hydrogens is 370 g/mol. The summed E-state index contributed by atoms with van der Waals surface area (Å²) in [5.41, 5.74) is 1.50. The fourth-order valence-electron chi connectivity index (χ4n) is 4.87. The minimum absolute atomic E-state index is 0.310. The summed E-state index contributed by atoms with van der Waals surface area (Å²) in [6.45, 7) is 6.19. The second-order valence-electron chi connectivity index (χ2n) is 8.29. The Kier molecular flexibility index (Phi) is 5.20. The lowest BCUT2D eigenvalue weighted by Crippen LogP contribution is -2.51. The van der Waals surface area contributed by atoms with Crippen LogP contribution in [0.2, 0.25) is 0 Å². The first-order valence-electron chi connectivity index (χ1n) is 10.8. The summed E-state index contributed by atoms with van der Waals surface area (Å²) in [4.78, 5) is 31.3. The van der Waals surface area contributed by atoms with E-state index in [-0.39, 0.29) is 0 Å². The number of aromatic nitrogens is 2. The van der Waals surface area contributed by atoms with E-state index in [1.807, 2.05) is 11.3 Å². The Morgan fingerprint density at radius 2 is 1.71 bits per heavy atom. The van der Waals surface area contributed by atoms with Crippen molar-refractivity contribution in [3.63, 3.8) is 0 Å². The van der Waals surface area contributed by atoms with Crippen molar-refractivity contribution in [3.05, 3.63) is 16.8 Å². The maximum Gasteiger partial charge on any atom is 0.236 e. The molecule has 2 aromatic rings. The molecule has 1 amide bonds. The van der Waals surface area contributed by atoms with Crippen molar-refractivity contribution in [2.75, 3.05) is 50.7 Å². The SMILES string of the molecule is O=C(CN1CCN(c2ncnc3sc4c(c23)CCCC4)CC1)N1CCCCC1. The number of rotatable bonds is 3. The number of likely N-dealkylation sites (tertiary alicyclic amines) is 1. The summed E-state index contributed by atoms with van der Waals surface area (Å²) in [6, 6.07) is 0. The van der Waals surface area contributed by atoms with E-state index < -0.39 is 0 Å². The number of piperidine rings is 1. The van der Waals surface area contributed by atoms with Gasteiger partial charge in [-0.25, -0.2) is 9.97 Å². The Balaban J connectivity index is 1.27. The quantitative estimate of drug-likeness (QED) is 0.794. The molecule has 0 radical (unpaired) electrons. The van der Waals surface area contributed by atoms with Crippen LogP contribution in [0, 0.1) is 0 Å². The summed E-state index contributed by atoms with van der Waals surface area (Å²) < 4.78 is 0. The van der Waals surface area contributed by atoms with Crippen LogP contribution in [0.15, 0.2) is 6.33 Å². The number of hydrogen-bond acceptors (Lipinski definition) is 6. The Morgan fingerprint density at radius 1 is 0.929 bits per heavy atom. The predicted molar refractivity (Wildman–Crippen MR) is 113 cm³/mol. The maximum absolute atomic E-state index is 12.6. The predicted octanol–water partition coefficient (Wildman–Crippen LogP) is 2.70. The lowest BCUT2D eigenvalue weighted by atomic mass is 9.97. The molecule has 0 saturated carbocycles. The van der Waals surface area contributed by atoms with Gasteiger partial charge in [0.25, 0.3) is 0 Å². The largest absolute Gasteiger partial charge is 0.353 e. The number of amides is 1. The van der Waals surface area contributed by atoms with Gasteiger partial charge in [0.2, 0.25) is 5.91 Å². The van der Waals surface area contributed by atoms with E-state index in [1.54, 1.807) is 6.33 Å². The van der Waals surface area contributed by atoms with Gasteiger partial charge in [0.05, 0.1) is 11.9 Å². The van der Waals surface area contributed by atoms with Crippen LogP contribution >= 0.6 is 11.3 Å². The number of thiophene rings is 1. The van der Waals surface area contributed by atoms with E-state index in [2.05, 4.69) is 19.7 Å². The highest BCUT2D eigenvalue weighted by atomic mass is 32.1. The van der Waals surface area contributed by atoms with Crippen molar-refractivity contribution in [2.24, 2.45) is 0 Å². The van der Waals surface area contributed by atoms with Gasteiger partial charge in [-0.2, -0.15) is 0 Å². The smallest absolute Gasteiger partial charge is 0.236 e. The third kappa shape index (κ3) is 3.50. The van der Waals surface area contributed by atoms with Crippen LogP contribution < -0.4 is 4.90 Å². The molecule has 2 fully saturated rings. The highest BCUT2D eigenvalue weighted by molar-refractivity contribution is 7.19. The molecule has 2 aromatic heterocycles. The fourth-order valence-corrected chi connectivity index (χ4v) is 6.09. The number of hydrogen-bond donors (Lipinski definition) is 0. The minimum atomic E-state index is 0.310. The summed E-state index contributed by atoms with van der Waals surface area (Å²) >= 11 is 1.86. The zero-order valence-corrected chi connectivity index (χ0v) is 17.3. The first-order valence-corrected chi connectivity index (χ1v) is 11.6. The minimum Gasteiger partial charge on any atom is -0.353 e. The van der Waals surface area contributed by atoms with Gasteiger partial charge in [0.1, 0.15) is 17.0 Å². The number of carbonyl (C=O) groups is 1.